The smallest absolute Gasteiger partial charge is 0.155 e. The zero-order valence-electron chi connectivity index (χ0n) is 7.70. The van der Waals surface area contributed by atoms with Crippen molar-refractivity contribution in [1.29, 1.82) is 0 Å². The number of aliphatic hydroxyl groups excluding tert-OH is 1. The fourth-order valence-corrected chi connectivity index (χ4v) is 1.11. The topological polar surface area (TPSA) is 63.8 Å². The molecule has 2 heterocycles. The lowest BCUT2D eigenvalue weighted by Gasteiger charge is -2.04. The lowest BCUT2D eigenvalue weighted by atomic mass is 10.2. The van der Waals surface area contributed by atoms with E-state index in [-0.39, 0.29) is 0 Å². The van der Waals surface area contributed by atoms with Crippen LogP contribution in [0.2, 0.25) is 0 Å². The molecule has 0 aliphatic carbocycles. The Hall–Kier alpha value is -1.75. The minimum absolute atomic E-state index is 0.493. The molecular formula is C9H10N4O. The van der Waals surface area contributed by atoms with Crippen LogP contribution < -0.4 is 0 Å². The summed E-state index contributed by atoms with van der Waals surface area (Å²) in [4.78, 5) is 7.96. The van der Waals surface area contributed by atoms with Crippen LogP contribution in [0.4, 0.5) is 0 Å². The second-order valence-electron chi connectivity index (χ2n) is 2.97. The average Bonchev–Trinajstić information content (AvgIpc) is 2.71. The number of hydrogen-bond donors (Lipinski definition) is 1. The molecule has 5 heteroatoms. The third-order valence-corrected chi connectivity index (χ3v) is 1.91. The van der Waals surface area contributed by atoms with E-state index in [9.17, 15) is 5.11 Å². The van der Waals surface area contributed by atoms with Crippen molar-refractivity contribution in [3.05, 3.63) is 36.5 Å². The predicted octanol–water partition coefficient (Wildman–Crippen LogP) is 0.716. The molecule has 0 radical (unpaired) electrons. The molecule has 2 rings (SSSR count). The SMILES string of the molecule is C[C@@H](O)c1ccc(-n2cncn2)nc1. The second kappa shape index (κ2) is 3.55. The molecular weight excluding hydrogens is 180 g/mol. The highest BCUT2D eigenvalue weighted by Gasteiger charge is 2.02. The lowest BCUT2D eigenvalue weighted by Crippen LogP contribution is -1.99. The van der Waals surface area contributed by atoms with Gasteiger partial charge in [0.2, 0.25) is 0 Å². The maximum absolute atomic E-state index is 9.27. The zero-order chi connectivity index (χ0) is 9.97. The minimum Gasteiger partial charge on any atom is -0.389 e. The van der Waals surface area contributed by atoms with Crippen LogP contribution in [0.1, 0.15) is 18.6 Å². The number of nitrogens with zero attached hydrogens (tertiary/aromatic N) is 4. The van der Waals surface area contributed by atoms with Crippen molar-refractivity contribution in [3.63, 3.8) is 0 Å². The number of rotatable bonds is 2. The normalized spacial score (nSPS) is 12.7. The Labute approximate surface area is 81.1 Å². The lowest BCUT2D eigenvalue weighted by molar-refractivity contribution is 0.199. The number of aliphatic hydroxyl groups is 1. The van der Waals surface area contributed by atoms with E-state index in [2.05, 4.69) is 15.1 Å². The fraction of sp³-hybridized carbons (Fsp3) is 0.222. The summed E-state index contributed by atoms with van der Waals surface area (Å²) in [5.74, 6) is 0.687. The Morgan fingerprint density at radius 2 is 2.29 bits per heavy atom. The van der Waals surface area contributed by atoms with E-state index in [0.717, 1.165) is 5.56 Å². The first-order chi connectivity index (χ1) is 6.77. The van der Waals surface area contributed by atoms with Crippen molar-refractivity contribution >= 4 is 0 Å². The van der Waals surface area contributed by atoms with Crippen LogP contribution in [0.15, 0.2) is 31.0 Å². The van der Waals surface area contributed by atoms with Crippen molar-refractivity contribution < 1.29 is 5.11 Å². The summed E-state index contributed by atoms with van der Waals surface area (Å²) in [6, 6.07) is 3.60. The van der Waals surface area contributed by atoms with Gasteiger partial charge in [-0.2, -0.15) is 5.10 Å². The quantitative estimate of drug-likeness (QED) is 0.757. The van der Waals surface area contributed by atoms with Gasteiger partial charge in [-0.05, 0) is 18.6 Å². The van der Waals surface area contributed by atoms with Gasteiger partial charge >= 0.3 is 0 Å². The van der Waals surface area contributed by atoms with Gasteiger partial charge in [0, 0.05) is 6.20 Å². The largest absolute Gasteiger partial charge is 0.389 e. The third-order valence-electron chi connectivity index (χ3n) is 1.91. The third kappa shape index (κ3) is 1.62. The number of aromatic nitrogens is 4. The van der Waals surface area contributed by atoms with Crippen molar-refractivity contribution in [1.82, 2.24) is 19.7 Å². The van der Waals surface area contributed by atoms with Gasteiger partial charge in [0.15, 0.2) is 5.82 Å². The van der Waals surface area contributed by atoms with Crippen molar-refractivity contribution in [3.8, 4) is 5.82 Å². The van der Waals surface area contributed by atoms with E-state index < -0.39 is 6.10 Å². The van der Waals surface area contributed by atoms with Gasteiger partial charge in [-0.3, -0.25) is 0 Å². The highest BCUT2D eigenvalue weighted by molar-refractivity contribution is 5.24. The molecule has 0 bridgehead atoms. The predicted molar refractivity (Wildman–Crippen MR) is 49.8 cm³/mol. The molecule has 0 aliphatic rings. The van der Waals surface area contributed by atoms with Crippen molar-refractivity contribution in [2.24, 2.45) is 0 Å². The highest BCUT2D eigenvalue weighted by Crippen LogP contribution is 2.11. The molecule has 0 spiro atoms. The van der Waals surface area contributed by atoms with Crippen LogP contribution in [-0.4, -0.2) is 24.9 Å². The summed E-state index contributed by atoms with van der Waals surface area (Å²) in [5.41, 5.74) is 0.786. The van der Waals surface area contributed by atoms with Gasteiger partial charge in [-0.1, -0.05) is 6.07 Å². The molecule has 2 aromatic heterocycles. The van der Waals surface area contributed by atoms with Gasteiger partial charge in [0.1, 0.15) is 12.7 Å². The molecule has 0 unspecified atom stereocenters. The van der Waals surface area contributed by atoms with E-state index in [1.165, 1.54) is 6.33 Å². The molecule has 0 fully saturated rings. The molecule has 0 aliphatic heterocycles. The van der Waals surface area contributed by atoms with Crippen LogP contribution >= 0.6 is 0 Å². The van der Waals surface area contributed by atoms with Crippen molar-refractivity contribution in [2.45, 2.75) is 13.0 Å². The van der Waals surface area contributed by atoms with Gasteiger partial charge in [-0.25, -0.2) is 14.6 Å². The fourth-order valence-electron chi connectivity index (χ4n) is 1.11. The molecule has 0 aromatic carbocycles. The summed E-state index contributed by atoms with van der Waals surface area (Å²) in [5, 5.41) is 13.2. The Morgan fingerprint density at radius 3 is 2.79 bits per heavy atom. The molecule has 0 saturated carbocycles. The van der Waals surface area contributed by atoms with Gasteiger partial charge in [0.05, 0.1) is 6.10 Å². The van der Waals surface area contributed by atoms with Gasteiger partial charge in [0.25, 0.3) is 0 Å². The summed E-state index contributed by atoms with van der Waals surface area (Å²) >= 11 is 0. The molecule has 1 atom stereocenters. The van der Waals surface area contributed by atoms with Gasteiger partial charge in [-0.15, -0.1) is 0 Å². The Bertz CT molecular complexity index is 393. The molecule has 0 saturated heterocycles. The summed E-state index contributed by atoms with van der Waals surface area (Å²) in [6.45, 7) is 1.70. The highest BCUT2D eigenvalue weighted by atomic mass is 16.3. The standard InChI is InChI=1S/C9H10N4O/c1-7(14)8-2-3-9(11-4-8)13-6-10-5-12-13/h2-7,14H,1H3/t7-/m1/s1. The maximum atomic E-state index is 9.27. The molecule has 0 amide bonds. The second-order valence-corrected chi connectivity index (χ2v) is 2.97. The monoisotopic (exact) mass is 190 g/mol. The van der Waals surface area contributed by atoms with E-state index >= 15 is 0 Å². The molecule has 72 valence electrons. The molecule has 14 heavy (non-hydrogen) atoms. The number of pyridine rings is 1. The minimum atomic E-state index is -0.493. The number of hydrogen-bond acceptors (Lipinski definition) is 4. The summed E-state index contributed by atoms with van der Waals surface area (Å²) < 4.78 is 1.56. The first-order valence-corrected chi connectivity index (χ1v) is 4.26. The summed E-state index contributed by atoms with van der Waals surface area (Å²) in [7, 11) is 0. The summed E-state index contributed by atoms with van der Waals surface area (Å²) in [6.07, 6.45) is 4.16. The molecule has 1 N–H and O–H groups in total. The first kappa shape index (κ1) is 8.83. The zero-order valence-corrected chi connectivity index (χ0v) is 7.70. The van der Waals surface area contributed by atoms with E-state index in [1.54, 1.807) is 30.2 Å². The van der Waals surface area contributed by atoms with E-state index in [1.807, 2.05) is 6.07 Å². The van der Waals surface area contributed by atoms with E-state index in [0.29, 0.717) is 5.82 Å². The van der Waals surface area contributed by atoms with Gasteiger partial charge < -0.3 is 5.11 Å². The molecule has 5 nitrogen and oxygen atoms in total. The maximum Gasteiger partial charge on any atom is 0.155 e. The van der Waals surface area contributed by atoms with E-state index in [4.69, 9.17) is 0 Å². The van der Waals surface area contributed by atoms with Crippen molar-refractivity contribution in [2.75, 3.05) is 0 Å². The first-order valence-electron chi connectivity index (χ1n) is 4.26. The van der Waals surface area contributed by atoms with Crippen LogP contribution in [0.25, 0.3) is 5.82 Å². The van der Waals surface area contributed by atoms with Crippen LogP contribution in [0.5, 0.6) is 0 Å². The van der Waals surface area contributed by atoms with Crippen LogP contribution in [0, 0.1) is 0 Å². The Balaban J connectivity index is 2.31. The Morgan fingerprint density at radius 1 is 1.43 bits per heavy atom. The Kier molecular flexibility index (Phi) is 2.24. The average molecular weight is 190 g/mol. The molecule has 2 aromatic rings. The van der Waals surface area contributed by atoms with Crippen LogP contribution in [-0.2, 0) is 0 Å². The van der Waals surface area contributed by atoms with Crippen LogP contribution in [0.3, 0.4) is 0 Å².